The van der Waals surface area contributed by atoms with E-state index in [0.29, 0.717) is 6.61 Å². The summed E-state index contributed by atoms with van der Waals surface area (Å²) in [4.78, 5) is 15.7. The number of nitrogens with one attached hydrogen (secondary N) is 1. The number of likely N-dealkylation sites (N-methyl/N-ethyl adjacent to an activating group) is 1. The first kappa shape index (κ1) is 16.2. The summed E-state index contributed by atoms with van der Waals surface area (Å²) in [6.07, 6.45) is 0. The van der Waals surface area contributed by atoms with Crippen LogP contribution in [0.1, 0.15) is 24.8 Å². The molecule has 1 amide bonds. The number of benzene rings is 1. The Kier molecular flexibility index (Phi) is 5.53. The van der Waals surface area contributed by atoms with Gasteiger partial charge in [0.25, 0.3) is 0 Å². The summed E-state index contributed by atoms with van der Waals surface area (Å²) >= 11 is 1.73. The van der Waals surface area contributed by atoms with Crippen molar-refractivity contribution in [3.05, 3.63) is 29.8 Å². The zero-order valence-corrected chi connectivity index (χ0v) is 14.1. The quantitative estimate of drug-likeness (QED) is 0.857. The fourth-order valence-corrected chi connectivity index (χ4v) is 3.71. The molecule has 1 aliphatic heterocycles. The summed E-state index contributed by atoms with van der Waals surface area (Å²) in [5.41, 5.74) is 1.18. The number of thioether (sulfide) groups is 1. The molecular formula is C16H25N2O2S+. The molecule has 5 heteroatoms. The third-order valence-electron chi connectivity index (χ3n) is 3.58. The highest BCUT2D eigenvalue weighted by Gasteiger charge is 2.38. The van der Waals surface area contributed by atoms with E-state index in [2.05, 4.69) is 26.2 Å². The summed E-state index contributed by atoms with van der Waals surface area (Å²) in [6.45, 7) is 6.41. The van der Waals surface area contributed by atoms with Gasteiger partial charge >= 0.3 is 0 Å². The molecule has 0 spiro atoms. The number of amides is 1. The van der Waals surface area contributed by atoms with Gasteiger partial charge in [-0.15, -0.1) is 11.8 Å². The lowest BCUT2D eigenvalue weighted by Gasteiger charge is -2.24. The number of quaternary nitrogens is 1. The highest BCUT2D eigenvalue weighted by Crippen LogP contribution is 2.42. The third-order valence-corrected chi connectivity index (χ3v) is 4.97. The maximum atomic E-state index is 12.3. The van der Waals surface area contributed by atoms with E-state index < -0.39 is 0 Å². The number of hydrogen-bond donors (Lipinski definition) is 1. The topological polar surface area (TPSA) is 34.0 Å². The standard InChI is InChI=1S/C16H24N2O2S/c1-5-20-14-8-6-13(7-9-14)16-18(11-10-17(3)4)15(19)12(2)21-16/h6-9,12,16H,5,10-11H2,1-4H3/p+1/t12-,16+/m1/s1. The molecule has 0 bridgehead atoms. The molecule has 1 fully saturated rings. The van der Waals surface area contributed by atoms with E-state index in [4.69, 9.17) is 4.74 Å². The maximum absolute atomic E-state index is 12.3. The first-order valence-corrected chi connectivity index (χ1v) is 8.45. The zero-order chi connectivity index (χ0) is 15.4. The van der Waals surface area contributed by atoms with Crippen molar-refractivity contribution in [3.8, 4) is 5.75 Å². The normalized spacial score (nSPS) is 22.1. The van der Waals surface area contributed by atoms with Crippen LogP contribution in [0.25, 0.3) is 0 Å². The van der Waals surface area contributed by atoms with Crippen molar-refractivity contribution in [2.24, 2.45) is 0 Å². The molecule has 4 nitrogen and oxygen atoms in total. The van der Waals surface area contributed by atoms with Crippen LogP contribution in [-0.4, -0.2) is 49.8 Å². The summed E-state index contributed by atoms with van der Waals surface area (Å²) in [5.74, 6) is 1.13. The van der Waals surface area contributed by atoms with E-state index in [1.54, 1.807) is 11.8 Å². The molecule has 1 aromatic rings. The van der Waals surface area contributed by atoms with E-state index in [1.807, 2.05) is 30.9 Å². The van der Waals surface area contributed by atoms with Crippen LogP contribution in [0.3, 0.4) is 0 Å². The van der Waals surface area contributed by atoms with Crippen LogP contribution in [0, 0.1) is 0 Å². The maximum Gasteiger partial charge on any atom is 0.236 e. The second kappa shape index (κ2) is 7.18. The predicted octanol–water partition coefficient (Wildman–Crippen LogP) is 1.19. The third kappa shape index (κ3) is 3.92. The van der Waals surface area contributed by atoms with Gasteiger partial charge in [0, 0.05) is 0 Å². The van der Waals surface area contributed by atoms with Gasteiger partial charge in [-0.05, 0) is 31.5 Å². The molecule has 1 N–H and O–H groups in total. The van der Waals surface area contributed by atoms with Gasteiger partial charge in [0.1, 0.15) is 11.1 Å². The monoisotopic (exact) mass is 309 g/mol. The molecule has 1 aromatic carbocycles. The molecule has 0 unspecified atom stereocenters. The number of ether oxygens (including phenoxy) is 1. The van der Waals surface area contributed by atoms with E-state index in [1.165, 1.54) is 10.5 Å². The molecule has 1 heterocycles. The minimum absolute atomic E-state index is 0.0405. The van der Waals surface area contributed by atoms with E-state index in [-0.39, 0.29) is 16.5 Å². The SMILES string of the molecule is CCOc1ccc([C@@H]2S[C@H](C)C(=O)N2CC[NH+](C)C)cc1. The van der Waals surface area contributed by atoms with Crippen LogP contribution in [0.4, 0.5) is 0 Å². The largest absolute Gasteiger partial charge is 0.494 e. The van der Waals surface area contributed by atoms with Gasteiger partial charge in [-0.1, -0.05) is 12.1 Å². The summed E-state index contributed by atoms with van der Waals surface area (Å²) in [6, 6.07) is 8.12. The summed E-state index contributed by atoms with van der Waals surface area (Å²) in [7, 11) is 4.23. The second-order valence-electron chi connectivity index (χ2n) is 5.62. The second-order valence-corrected chi connectivity index (χ2v) is 7.05. The first-order chi connectivity index (χ1) is 10.0. The number of nitrogens with zero attached hydrogens (tertiary/aromatic N) is 1. The van der Waals surface area contributed by atoms with E-state index in [0.717, 1.165) is 18.8 Å². The lowest BCUT2D eigenvalue weighted by molar-refractivity contribution is -0.857. The molecule has 0 radical (unpaired) electrons. The van der Waals surface area contributed by atoms with Crippen LogP contribution in [-0.2, 0) is 4.79 Å². The van der Waals surface area contributed by atoms with Crippen molar-refractivity contribution in [1.29, 1.82) is 0 Å². The van der Waals surface area contributed by atoms with E-state index in [9.17, 15) is 4.79 Å². The number of hydrogen-bond acceptors (Lipinski definition) is 3. The minimum atomic E-state index is 0.0405. The number of carbonyl (C=O) groups is 1. The lowest BCUT2D eigenvalue weighted by Crippen LogP contribution is -3.06. The molecule has 116 valence electrons. The zero-order valence-electron chi connectivity index (χ0n) is 13.3. The Bertz CT molecular complexity index is 476. The first-order valence-electron chi connectivity index (χ1n) is 7.50. The van der Waals surface area contributed by atoms with Gasteiger partial charge in [0.2, 0.25) is 5.91 Å². The molecule has 0 saturated carbocycles. The van der Waals surface area contributed by atoms with Crippen molar-refractivity contribution in [1.82, 2.24) is 4.90 Å². The Morgan fingerprint density at radius 3 is 2.52 bits per heavy atom. The van der Waals surface area contributed by atoms with Crippen LogP contribution in [0.15, 0.2) is 24.3 Å². The Hall–Kier alpha value is -1.20. The van der Waals surface area contributed by atoms with Crippen LogP contribution >= 0.6 is 11.8 Å². The average Bonchev–Trinajstić information content (AvgIpc) is 2.74. The molecule has 2 rings (SSSR count). The molecule has 1 saturated heterocycles. The Morgan fingerprint density at radius 1 is 1.29 bits per heavy atom. The van der Waals surface area contributed by atoms with Crippen molar-refractivity contribution in [2.45, 2.75) is 24.5 Å². The molecular weight excluding hydrogens is 284 g/mol. The van der Waals surface area contributed by atoms with Crippen LogP contribution in [0.2, 0.25) is 0 Å². The van der Waals surface area contributed by atoms with Crippen LogP contribution in [0.5, 0.6) is 5.75 Å². The average molecular weight is 309 g/mol. The summed E-state index contributed by atoms with van der Waals surface area (Å²) in [5, 5.41) is 0.168. The van der Waals surface area contributed by atoms with Crippen molar-refractivity contribution in [3.63, 3.8) is 0 Å². The van der Waals surface area contributed by atoms with Crippen molar-refractivity contribution >= 4 is 17.7 Å². The molecule has 21 heavy (non-hydrogen) atoms. The Labute approximate surface area is 131 Å². The van der Waals surface area contributed by atoms with Gasteiger partial charge < -0.3 is 14.5 Å². The Morgan fingerprint density at radius 2 is 1.95 bits per heavy atom. The van der Waals surface area contributed by atoms with Gasteiger partial charge in [-0.2, -0.15) is 0 Å². The molecule has 2 atom stereocenters. The fraction of sp³-hybridized carbons (Fsp3) is 0.562. The number of rotatable bonds is 6. The Balaban J connectivity index is 2.13. The van der Waals surface area contributed by atoms with Crippen molar-refractivity contribution in [2.75, 3.05) is 33.8 Å². The fourth-order valence-electron chi connectivity index (χ4n) is 2.40. The van der Waals surface area contributed by atoms with Gasteiger partial charge in [-0.25, -0.2) is 0 Å². The lowest BCUT2D eigenvalue weighted by atomic mass is 10.2. The molecule has 0 aromatic heterocycles. The highest BCUT2D eigenvalue weighted by molar-refractivity contribution is 8.01. The summed E-state index contributed by atoms with van der Waals surface area (Å²) < 4.78 is 5.48. The highest BCUT2D eigenvalue weighted by atomic mass is 32.2. The van der Waals surface area contributed by atoms with Crippen LogP contribution < -0.4 is 9.64 Å². The van der Waals surface area contributed by atoms with Crippen molar-refractivity contribution < 1.29 is 14.4 Å². The molecule has 1 aliphatic rings. The van der Waals surface area contributed by atoms with Gasteiger partial charge in [0.05, 0.1) is 39.0 Å². The van der Waals surface area contributed by atoms with Gasteiger partial charge in [-0.3, -0.25) is 4.79 Å². The number of carbonyl (C=O) groups excluding carboxylic acids is 1. The van der Waals surface area contributed by atoms with Gasteiger partial charge in [0.15, 0.2) is 0 Å². The smallest absolute Gasteiger partial charge is 0.236 e. The molecule has 0 aliphatic carbocycles. The van der Waals surface area contributed by atoms with E-state index >= 15 is 0 Å². The minimum Gasteiger partial charge on any atom is -0.494 e. The predicted molar refractivity (Wildman–Crippen MR) is 86.8 cm³/mol.